The number of hydrogen-bond acceptors (Lipinski definition) is 4. The number of carbonyl (C=O) groups excluding carboxylic acids is 3. The zero-order valence-corrected chi connectivity index (χ0v) is 13.2. The van der Waals surface area contributed by atoms with E-state index in [1.54, 1.807) is 31.3 Å². The first kappa shape index (κ1) is 14.9. The Morgan fingerprint density at radius 2 is 1.88 bits per heavy atom. The summed E-state index contributed by atoms with van der Waals surface area (Å²) < 4.78 is 0. The SMILES string of the molecule is C[C@H](NC(=O)Nc1ccccn1)N1C(=O)[C@@H]2[C@H](C1=O)[C@H]1C=C[C@H]2C1. The van der Waals surface area contributed by atoms with Crippen molar-refractivity contribution in [1.82, 2.24) is 15.2 Å². The highest BCUT2D eigenvalue weighted by atomic mass is 16.2. The van der Waals surface area contributed by atoms with E-state index >= 15 is 0 Å². The molecule has 2 bridgehead atoms. The first-order valence-corrected chi connectivity index (χ1v) is 8.10. The summed E-state index contributed by atoms with van der Waals surface area (Å²) in [5.41, 5.74) is 0. The maximum absolute atomic E-state index is 12.7. The molecule has 1 saturated heterocycles. The fourth-order valence-electron chi connectivity index (χ4n) is 4.15. The average molecular weight is 326 g/mol. The van der Waals surface area contributed by atoms with Crippen LogP contribution >= 0.6 is 0 Å². The lowest BCUT2D eigenvalue weighted by Gasteiger charge is -2.25. The zero-order valence-electron chi connectivity index (χ0n) is 13.2. The highest BCUT2D eigenvalue weighted by Gasteiger charge is 2.60. The number of nitrogens with one attached hydrogen (secondary N) is 2. The summed E-state index contributed by atoms with van der Waals surface area (Å²) >= 11 is 0. The molecule has 2 N–H and O–H groups in total. The van der Waals surface area contributed by atoms with Gasteiger partial charge in [0.2, 0.25) is 11.8 Å². The summed E-state index contributed by atoms with van der Waals surface area (Å²) in [4.78, 5) is 42.6. The lowest BCUT2D eigenvalue weighted by atomic mass is 9.85. The number of anilines is 1. The van der Waals surface area contributed by atoms with E-state index < -0.39 is 12.2 Å². The lowest BCUT2D eigenvalue weighted by molar-refractivity contribution is -0.143. The second-order valence-electron chi connectivity index (χ2n) is 6.54. The van der Waals surface area contributed by atoms with Gasteiger partial charge in [0.25, 0.3) is 0 Å². The van der Waals surface area contributed by atoms with Crippen LogP contribution in [0.15, 0.2) is 36.5 Å². The monoisotopic (exact) mass is 326 g/mol. The number of pyridine rings is 1. The van der Waals surface area contributed by atoms with Crippen LogP contribution in [-0.2, 0) is 9.59 Å². The van der Waals surface area contributed by atoms with Crippen molar-refractivity contribution in [2.45, 2.75) is 19.5 Å². The molecule has 0 aromatic carbocycles. The van der Waals surface area contributed by atoms with Gasteiger partial charge in [-0.2, -0.15) is 0 Å². The number of rotatable bonds is 3. The summed E-state index contributed by atoms with van der Waals surface area (Å²) in [6, 6.07) is 4.65. The fraction of sp³-hybridized carbons (Fsp3) is 0.412. The van der Waals surface area contributed by atoms with Gasteiger partial charge in [-0.15, -0.1) is 0 Å². The Morgan fingerprint density at radius 1 is 1.21 bits per heavy atom. The van der Waals surface area contributed by atoms with E-state index in [1.807, 2.05) is 12.2 Å². The highest BCUT2D eigenvalue weighted by molar-refractivity contribution is 6.07. The van der Waals surface area contributed by atoms with Crippen LogP contribution < -0.4 is 10.6 Å². The van der Waals surface area contributed by atoms with Gasteiger partial charge in [-0.25, -0.2) is 9.78 Å². The second-order valence-corrected chi connectivity index (χ2v) is 6.54. The Kier molecular flexibility index (Phi) is 3.37. The number of imide groups is 1. The molecule has 24 heavy (non-hydrogen) atoms. The minimum absolute atomic E-state index is 0.163. The molecule has 7 heteroatoms. The molecule has 2 fully saturated rings. The van der Waals surface area contributed by atoms with E-state index in [0.29, 0.717) is 5.82 Å². The number of allylic oxidation sites excluding steroid dienone is 2. The molecule has 1 aromatic rings. The fourth-order valence-corrected chi connectivity index (χ4v) is 4.15. The topological polar surface area (TPSA) is 91.4 Å². The van der Waals surface area contributed by atoms with Crippen LogP contribution in [-0.4, -0.2) is 33.9 Å². The smallest absolute Gasteiger partial charge is 0.317 e. The van der Waals surface area contributed by atoms with Crippen molar-refractivity contribution in [3.8, 4) is 0 Å². The Balaban J connectivity index is 1.44. The molecule has 1 saturated carbocycles. The third-order valence-electron chi connectivity index (χ3n) is 5.14. The number of urea groups is 1. The van der Waals surface area contributed by atoms with E-state index in [-0.39, 0.29) is 35.5 Å². The third-order valence-corrected chi connectivity index (χ3v) is 5.14. The van der Waals surface area contributed by atoms with Crippen LogP contribution in [0.3, 0.4) is 0 Å². The highest BCUT2D eigenvalue weighted by Crippen LogP contribution is 2.52. The van der Waals surface area contributed by atoms with Crippen molar-refractivity contribution < 1.29 is 14.4 Å². The molecule has 4 rings (SSSR count). The largest absolute Gasteiger partial charge is 0.322 e. The van der Waals surface area contributed by atoms with E-state index in [4.69, 9.17) is 0 Å². The van der Waals surface area contributed by atoms with Crippen LogP contribution in [0.4, 0.5) is 10.6 Å². The third kappa shape index (κ3) is 2.19. The van der Waals surface area contributed by atoms with E-state index in [2.05, 4.69) is 15.6 Å². The number of nitrogens with zero attached hydrogens (tertiary/aromatic N) is 2. The molecule has 4 amide bonds. The average Bonchev–Trinajstić information content (AvgIpc) is 3.22. The first-order valence-electron chi connectivity index (χ1n) is 8.10. The Morgan fingerprint density at radius 3 is 2.46 bits per heavy atom. The van der Waals surface area contributed by atoms with Gasteiger partial charge >= 0.3 is 6.03 Å². The molecule has 0 spiro atoms. The number of amides is 4. The molecular weight excluding hydrogens is 308 g/mol. The minimum atomic E-state index is -0.696. The standard InChI is InChI=1S/C17H18N4O3/c1-9(19-17(24)20-12-4-2-3-7-18-12)21-15(22)13-10-5-6-11(8-10)14(13)16(21)23/h2-7,9-11,13-14H,8H2,1H3,(H2,18,19,20,24)/t9-,10+,11+,13-,14+/m1/s1. The normalized spacial score (nSPS) is 31.3. The summed E-state index contributed by atoms with van der Waals surface area (Å²) in [6.45, 7) is 1.64. The van der Waals surface area contributed by atoms with Gasteiger partial charge in [-0.1, -0.05) is 18.2 Å². The van der Waals surface area contributed by atoms with Crippen molar-refractivity contribution in [2.24, 2.45) is 23.7 Å². The summed E-state index contributed by atoms with van der Waals surface area (Å²) in [6.07, 6.45) is 5.86. The van der Waals surface area contributed by atoms with Gasteiger partial charge in [0.15, 0.2) is 0 Å². The van der Waals surface area contributed by atoms with Crippen molar-refractivity contribution in [3.63, 3.8) is 0 Å². The molecule has 2 aliphatic carbocycles. The quantitative estimate of drug-likeness (QED) is 0.648. The van der Waals surface area contributed by atoms with Crippen LogP contribution in [0.2, 0.25) is 0 Å². The zero-order chi connectivity index (χ0) is 16.8. The van der Waals surface area contributed by atoms with Gasteiger partial charge in [0.05, 0.1) is 11.8 Å². The van der Waals surface area contributed by atoms with Crippen LogP contribution in [0.1, 0.15) is 13.3 Å². The number of fused-ring (bicyclic) bond motifs is 5. The predicted molar refractivity (Wildman–Crippen MR) is 85.4 cm³/mol. The van der Waals surface area contributed by atoms with Gasteiger partial charge in [-0.3, -0.25) is 19.8 Å². The van der Waals surface area contributed by atoms with Crippen LogP contribution in [0.5, 0.6) is 0 Å². The Labute approximate surface area is 139 Å². The Bertz CT molecular complexity index is 703. The lowest BCUT2D eigenvalue weighted by Crippen LogP contribution is -2.51. The molecular formula is C17H18N4O3. The van der Waals surface area contributed by atoms with Crippen molar-refractivity contribution in [1.29, 1.82) is 0 Å². The maximum Gasteiger partial charge on any atom is 0.322 e. The number of likely N-dealkylation sites (tertiary alicyclic amines) is 1. The second kappa shape index (κ2) is 5.43. The van der Waals surface area contributed by atoms with Gasteiger partial charge in [0.1, 0.15) is 12.0 Å². The number of aromatic nitrogens is 1. The number of hydrogen-bond donors (Lipinski definition) is 2. The number of carbonyl (C=O) groups is 3. The van der Waals surface area contributed by atoms with Crippen molar-refractivity contribution in [2.75, 3.05) is 5.32 Å². The van der Waals surface area contributed by atoms with Crippen LogP contribution in [0.25, 0.3) is 0 Å². The van der Waals surface area contributed by atoms with E-state index in [1.165, 1.54) is 4.90 Å². The maximum atomic E-state index is 12.7. The Hall–Kier alpha value is -2.70. The molecule has 0 radical (unpaired) electrons. The van der Waals surface area contributed by atoms with Crippen molar-refractivity contribution >= 4 is 23.7 Å². The molecule has 5 atom stereocenters. The van der Waals surface area contributed by atoms with E-state index in [9.17, 15) is 14.4 Å². The molecule has 1 aromatic heterocycles. The van der Waals surface area contributed by atoms with Crippen molar-refractivity contribution in [3.05, 3.63) is 36.5 Å². The minimum Gasteiger partial charge on any atom is -0.317 e. The molecule has 124 valence electrons. The van der Waals surface area contributed by atoms with Gasteiger partial charge in [0, 0.05) is 6.20 Å². The van der Waals surface area contributed by atoms with Gasteiger partial charge < -0.3 is 5.32 Å². The van der Waals surface area contributed by atoms with Crippen LogP contribution in [0, 0.1) is 23.7 Å². The van der Waals surface area contributed by atoms with E-state index in [0.717, 1.165) is 6.42 Å². The summed E-state index contributed by atoms with van der Waals surface area (Å²) in [7, 11) is 0. The molecule has 2 heterocycles. The summed E-state index contributed by atoms with van der Waals surface area (Å²) in [5, 5.41) is 5.23. The molecule has 0 unspecified atom stereocenters. The molecule has 7 nitrogen and oxygen atoms in total. The first-order chi connectivity index (χ1) is 11.6. The predicted octanol–water partition coefficient (Wildman–Crippen LogP) is 1.36. The molecule has 1 aliphatic heterocycles. The molecule has 3 aliphatic rings. The summed E-state index contributed by atoms with van der Waals surface area (Å²) in [5.74, 6) is -0.126. The van der Waals surface area contributed by atoms with Gasteiger partial charge in [-0.05, 0) is 37.3 Å².